The zero-order chi connectivity index (χ0) is 17.6. The van der Waals surface area contributed by atoms with E-state index in [0.717, 1.165) is 16.3 Å². The monoisotopic (exact) mass is 359 g/mol. The lowest BCUT2D eigenvalue weighted by molar-refractivity contribution is -0.122. The van der Waals surface area contributed by atoms with Crippen LogP contribution >= 0.6 is 11.3 Å². The first-order valence-corrected chi connectivity index (χ1v) is 8.72. The number of carbonyl (C=O) groups is 3. The quantitative estimate of drug-likeness (QED) is 0.635. The van der Waals surface area contributed by atoms with Crippen LogP contribution in [0, 0.1) is 0 Å². The molecule has 0 aromatic carbocycles. The van der Waals surface area contributed by atoms with E-state index in [9.17, 15) is 14.4 Å². The number of nitrogens with one attached hydrogen (secondary N) is 3. The molecule has 2 aromatic heterocycles. The smallest absolute Gasteiger partial charge is 0.322 e. The molecule has 130 valence electrons. The molecule has 0 bridgehead atoms. The number of carbonyl (C=O) groups excluding carboxylic acids is 3. The number of hydrogen-bond acceptors (Lipinski definition) is 6. The molecule has 0 aliphatic carbocycles. The van der Waals surface area contributed by atoms with Gasteiger partial charge in [0.1, 0.15) is 11.0 Å². The number of nitrogens with zero attached hydrogens (tertiary/aromatic N) is 2. The van der Waals surface area contributed by atoms with Gasteiger partial charge in [0.25, 0.3) is 5.91 Å². The van der Waals surface area contributed by atoms with Crippen molar-refractivity contribution in [1.82, 2.24) is 25.9 Å². The Labute approximate surface area is 148 Å². The van der Waals surface area contributed by atoms with Gasteiger partial charge in [0.15, 0.2) is 0 Å². The minimum atomic E-state index is -0.625. The van der Waals surface area contributed by atoms with Crippen molar-refractivity contribution >= 4 is 29.2 Å². The summed E-state index contributed by atoms with van der Waals surface area (Å²) in [6, 6.07) is 2.67. The van der Waals surface area contributed by atoms with Crippen molar-refractivity contribution in [3.8, 4) is 10.6 Å². The van der Waals surface area contributed by atoms with Gasteiger partial charge in [0.05, 0.1) is 5.69 Å². The third-order valence-corrected chi connectivity index (χ3v) is 4.64. The van der Waals surface area contributed by atoms with E-state index in [0.29, 0.717) is 13.0 Å². The fourth-order valence-electron chi connectivity index (χ4n) is 2.40. The molecule has 0 radical (unpaired) electrons. The summed E-state index contributed by atoms with van der Waals surface area (Å²) in [5.41, 5.74) is 1.94. The van der Waals surface area contributed by atoms with E-state index < -0.39 is 12.1 Å². The summed E-state index contributed by atoms with van der Waals surface area (Å²) in [6.45, 7) is 0.474. The Kier molecular flexibility index (Phi) is 5.34. The molecule has 1 fully saturated rings. The maximum Gasteiger partial charge on any atom is 0.322 e. The van der Waals surface area contributed by atoms with E-state index in [1.807, 2.05) is 17.5 Å². The third kappa shape index (κ3) is 4.60. The average Bonchev–Trinajstić information content (AvgIpc) is 3.20. The lowest BCUT2D eigenvalue weighted by Crippen LogP contribution is -2.32. The average molecular weight is 359 g/mol. The van der Waals surface area contributed by atoms with E-state index in [4.69, 9.17) is 0 Å². The maximum absolute atomic E-state index is 11.8. The highest BCUT2D eigenvalue weighted by Crippen LogP contribution is 2.22. The molecule has 3 rings (SSSR count). The maximum atomic E-state index is 11.8. The predicted octanol–water partition coefficient (Wildman–Crippen LogP) is 0.852. The van der Waals surface area contributed by atoms with Gasteiger partial charge in [-0.15, -0.1) is 11.3 Å². The zero-order valence-corrected chi connectivity index (χ0v) is 14.1. The van der Waals surface area contributed by atoms with Gasteiger partial charge in [-0.25, -0.2) is 9.78 Å². The summed E-state index contributed by atoms with van der Waals surface area (Å²) < 4.78 is 0. The van der Waals surface area contributed by atoms with Gasteiger partial charge in [0.2, 0.25) is 5.91 Å². The van der Waals surface area contributed by atoms with Crippen LogP contribution in [-0.2, 0) is 16.0 Å². The van der Waals surface area contributed by atoms with Gasteiger partial charge < -0.3 is 10.6 Å². The Hall–Kier alpha value is -2.81. The van der Waals surface area contributed by atoms with Crippen molar-refractivity contribution < 1.29 is 14.4 Å². The van der Waals surface area contributed by atoms with Crippen LogP contribution in [-0.4, -0.2) is 40.4 Å². The topological polar surface area (TPSA) is 113 Å². The van der Waals surface area contributed by atoms with Crippen LogP contribution in [0.5, 0.6) is 0 Å². The van der Waals surface area contributed by atoms with E-state index in [-0.39, 0.29) is 24.7 Å². The zero-order valence-electron chi connectivity index (χ0n) is 13.3. The highest BCUT2D eigenvalue weighted by molar-refractivity contribution is 7.13. The van der Waals surface area contributed by atoms with E-state index in [1.165, 1.54) is 0 Å². The number of rotatable bonds is 7. The summed E-state index contributed by atoms with van der Waals surface area (Å²) in [4.78, 5) is 42.7. The molecule has 25 heavy (non-hydrogen) atoms. The normalized spacial score (nSPS) is 16.4. The lowest BCUT2D eigenvalue weighted by Gasteiger charge is -2.07. The Morgan fingerprint density at radius 3 is 2.80 bits per heavy atom. The summed E-state index contributed by atoms with van der Waals surface area (Å²) in [5.74, 6) is -0.539. The minimum absolute atomic E-state index is 0.154. The second kappa shape index (κ2) is 7.84. The van der Waals surface area contributed by atoms with Crippen LogP contribution in [0.4, 0.5) is 4.79 Å². The second-order valence-electron chi connectivity index (χ2n) is 5.53. The van der Waals surface area contributed by atoms with Crippen LogP contribution in [0.15, 0.2) is 29.9 Å². The summed E-state index contributed by atoms with van der Waals surface area (Å²) in [5, 5.41) is 10.3. The fraction of sp³-hybridized carbons (Fsp3) is 0.312. The number of hydrogen-bond donors (Lipinski definition) is 3. The number of imide groups is 1. The molecule has 1 atom stereocenters. The number of aromatic nitrogens is 2. The van der Waals surface area contributed by atoms with Crippen molar-refractivity contribution in [2.75, 3.05) is 6.54 Å². The highest BCUT2D eigenvalue weighted by atomic mass is 32.1. The Morgan fingerprint density at radius 1 is 1.28 bits per heavy atom. The molecule has 1 saturated heterocycles. The van der Waals surface area contributed by atoms with Gasteiger partial charge >= 0.3 is 6.03 Å². The highest BCUT2D eigenvalue weighted by Gasteiger charge is 2.29. The number of thiazole rings is 1. The fourth-order valence-corrected chi connectivity index (χ4v) is 3.27. The number of amides is 4. The third-order valence-electron chi connectivity index (χ3n) is 3.70. The second-order valence-corrected chi connectivity index (χ2v) is 6.39. The van der Waals surface area contributed by atoms with E-state index in [1.54, 1.807) is 23.7 Å². The van der Waals surface area contributed by atoms with Gasteiger partial charge in [-0.3, -0.25) is 19.9 Å². The van der Waals surface area contributed by atoms with Gasteiger partial charge in [-0.05, 0) is 18.6 Å². The molecule has 3 heterocycles. The largest absolute Gasteiger partial charge is 0.356 e. The van der Waals surface area contributed by atoms with Crippen molar-refractivity contribution in [2.45, 2.75) is 25.3 Å². The minimum Gasteiger partial charge on any atom is -0.356 e. The number of pyridine rings is 1. The molecule has 4 amide bonds. The van der Waals surface area contributed by atoms with Gasteiger partial charge in [0, 0.05) is 42.7 Å². The molecule has 2 aromatic rings. The first-order chi connectivity index (χ1) is 12.1. The van der Waals surface area contributed by atoms with Crippen LogP contribution in [0.1, 0.15) is 18.5 Å². The lowest BCUT2D eigenvalue weighted by atomic mass is 10.1. The van der Waals surface area contributed by atoms with Crippen molar-refractivity contribution in [3.63, 3.8) is 0 Å². The first kappa shape index (κ1) is 17.0. The molecule has 8 nitrogen and oxygen atoms in total. The van der Waals surface area contributed by atoms with Gasteiger partial charge in [-0.2, -0.15) is 0 Å². The van der Waals surface area contributed by atoms with Crippen LogP contribution in [0.2, 0.25) is 0 Å². The Balaban J connectivity index is 1.39. The molecule has 3 N–H and O–H groups in total. The standard InChI is InChI=1S/C16H17N5O3S/c22-13(2-1-12-14(23)21-16(24)20-12)18-8-5-11-9-25-15(19-11)10-3-6-17-7-4-10/h3-4,6-7,9,12H,1-2,5,8H2,(H,18,22)(H2,20,21,23,24)/t12-/m1/s1. The number of urea groups is 1. The molecule has 0 unspecified atom stereocenters. The summed E-state index contributed by atoms with van der Waals surface area (Å²) in [6.07, 6.45) is 4.55. The SMILES string of the molecule is O=C(CC[C@H]1NC(=O)NC1=O)NCCc1csc(-c2ccncc2)n1. The summed E-state index contributed by atoms with van der Waals surface area (Å²) in [7, 11) is 0. The first-order valence-electron chi connectivity index (χ1n) is 7.84. The van der Waals surface area contributed by atoms with Crippen molar-refractivity contribution in [2.24, 2.45) is 0 Å². The molecule has 0 spiro atoms. The Bertz CT molecular complexity index is 777. The van der Waals surface area contributed by atoms with Crippen LogP contribution in [0.3, 0.4) is 0 Å². The van der Waals surface area contributed by atoms with Gasteiger partial charge in [-0.1, -0.05) is 0 Å². The van der Waals surface area contributed by atoms with Crippen molar-refractivity contribution in [3.05, 3.63) is 35.6 Å². The molecule has 0 saturated carbocycles. The predicted molar refractivity (Wildman–Crippen MR) is 91.8 cm³/mol. The van der Waals surface area contributed by atoms with Crippen LogP contribution < -0.4 is 16.0 Å². The van der Waals surface area contributed by atoms with Crippen molar-refractivity contribution in [1.29, 1.82) is 0 Å². The Morgan fingerprint density at radius 2 is 2.08 bits per heavy atom. The molecule has 1 aliphatic heterocycles. The molecule has 9 heteroatoms. The molecular formula is C16H17N5O3S. The summed E-state index contributed by atoms with van der Waals surface area (Å²) >= 11 is 1.55. The van der Waals surface area contributed by atoms with Crippen LogP contribution in [0.25, 0.3) is 10.6 Å². The molecular weight excluding hydrogens is 342 g/mol. The van der Waals surface area contributed by atoms with E-state index >= 15 is 0 Å². The molecule has 1 aliphatic rings. The van der Waals surface area contributed by atoms with E-state index in [2.05, 4.69) is 25.9 Å².